The number of methoxy groups -OCH3 is 1. The first-order valence-corrected chi connectivity index (χ1v) is 12.5. The normalized spacial score (nSPS) is 15.2. The highest BCUT2D eigenvalue weighted by atomic mass is 32.2. The van der Waals surface area contributed by atoms with Gasteiger partial charge in [-0.2, -0.15) is 0 Å². The van der Waals surface area contributed by atoms with E-state index in [1.54, 1.807) is 30.3 Å². The van der Waals surface area contributed by atoms with Gasteiger partial charge in [0.1, 0.15) is 16.5 Å². The summed E-state index contributed by atoms with van der Waals surface area (Å²) in [4.78, 5) is 15.1. The van der Waals surface area contributed by atoms with Crippen molar-refractivity contribution in [2.24, 2.45) is 0 Å². The number of nitrogens with zero attached hydrogens (tertiary/aromatic N) is 2. The fraction of sp³-hybridized carbons (Fsp3) is 0.400. The van der Waals surface area contributed by atoms with E-state index in [1.807, 2.05) is 4.90 Å². The van der Waals surface area contributed by atoms with E-state index in [4.69, 9.17) is 4.74 Å². The van der Waals surface area contributed by atoms with Crippen molar-refractivity contribution in [2.45, 2.75) is 49.6 Å². The molecule has 0 saturated heterocycles. The van der Waals surface area contributed by atoms with Gasteiger partial charge in [-0.25, -0.2) is 17.1 Å². The van der Waals surface area contributed by atoms with Crippen molar-refractivity contribution in [1.82, 2.24) is 9.21 Å². The first kappa shape index (κ1) is 24.9. The minimum Gasteiger partial charge on any atom is -0.495 e. The van der Waals surface area contributed by atoms with Gasteiger partial charge in [0.05, 0.1) is 7.11 Å². The topological polar surface area (TPSA) is 66.9 Å². The first-order chi connectivity index (χ1) is 15.7. The molecule has 1 aliphatic rings. The maximum Gasteiger partial charge on any atom is 0.247 e. The fourth-order valence-corrected chi connectivity index (χ4v) is 5.11. The lowest BCUT2D eigenvalue weighted by molar-refractivity contribution is -0.129. The number of hydrogen-bond acceptors (Lipinski definition) is 4. The minimum absolute atomic E-state index is 0.0417. The predicted octanol–water partition coefficient (Wildman–Crippen LogP) is 4.46. The Kier molecular flexibility index (Phi) is 8.26. The molecule has 1 saturated carbocycles. The number of sulfonamides is 1. The van der Waals surface area contributed by atoms with Crippen LogP contribution in [0, 0.1) is 5.82 Å². The zero-order chi connectivity index (χ0) is 24.0. The molecular formula is C25H31FN2O4S. The number of carbonyl (C=O) groups is 1. The Morgan fingerprint density at radius 2 is 1.76 bits per heavy atom. The van der Waals surface area contributed by atoms with E-state index < -0.39 is 10.0 Å². The summed E-state index contributed by atoms with van der Waals surface area (Å²) in [6.45, 7) is 0.400. The van der Waals surface area contributed by atoms with Gasteiger partial charge in [-0.1, -0.05) is 37.5 Å². The SMILES string of the molecule is COc1ccc(C=CC(=O)N(Cc2ccc(F)cc2)C2CCCCC2)cc1S(=O)(=O)N(C)C. The second kappa shape index (κ2) is 10.9. The Labute approximate surface area is 195 Å². The van der Waals surface area contributed by atoms with Crippen molar-refractivity contribution >= 4 is 22.0 Å². The summed E-state index contributed by atoms with van der Waals surface area (Å²) >= 11 is 0. The zero-order valence-corrected chi connectivity index (χ0v) is 20.1. The van der Waals surface area contributed by atoms with Gasteiger partial charge in [0, 0.05) is 32.8 Å². The van der Waals surface area contributed by atoms with Crippen molar-refractivity contribution in [3.8, 4) is 5.75 Å². The van der Waals surface area contributed by atoms with Crippen LogP contribution in [0.4, 0.5) is 4.39 Å². The average molecular weight is 475 g/mol. The monoisotopic (exact) mass is 474 g/mol. The van der Waals surface area contributed by atoms with Gasteiger partial charge in [0.15, 0.2) is 0 Å². The highest BCUT2D eigenvalue weighted by Crippen LogP contribution is 2.28. The third-order valence-electron chi connectivity index (χ3n) is 5.93. The molecule has 0 aromatic heterocycles. The molecule has 0 heterocycles. The number of rotatable bonds is 8. The number of benzene rings is 2. The molecule has 1 fully saturated rings. The van der Waals surface area contributed by atoms with Crippen LogP contribution >= 0.6 is 0 Å². The largest absolute Gasteiger partial charge is 0.495 e. The van der Waals surface area contributed by atoms with Gasteiger partial charge < -0.3 is 9.64 Å². The van der Waals surface area contributed by atoms with Crippen molar-refractivity contribution in [3.63, 3.8) is 0 Å². The van der Waals surface area contributed by atoms with Crippen LogP contribution in [-0.2, 0) is 21.4 Å². The van der Waals surface area contributed by atoms with E-state index in [1.165, 1.54) is 51.9 Å². The Morgan fingerprint density at radius 3 is 2.36 bits per heavy atom. The molecule has 0 spiro atoms. The summed E-state index contributed by atoms with van der Waals surface area (Å²) in [6, 6.07) is 11.1. The zero-order valence-electron chi connectivity index (χ0n) is 19.3. The quantitative estimate of drug-likeness (QED) is 0.530. The summed E-state index contributed by atoms with van der Waals surface area (Å²) in [5.41, 5.74) is 1.45. The van der Waals surface area contributed by atoms with E-state index in [0.717, 1.165) is 35.6 Å². The molecule has 6 nitrogen and oxygen atoms in total. The van der Waals surface area contributed by atoms with E-state index >= 15 is 0 Å². The molecular weight excluding hydrogens is 443 g/mol. The standard InChI is InChI=1S/C25H31FN2O4S/c1-27(2)33(30,31)24-17-19(11-15-23(24)32-3)12-16-25(29)28(22-7-5-4-6-8-22)18-20-9-13-21(26)14-10-20/h9-17,22H,4-8,18H2,1-3H3. The molecule has 0 bridgehead atoms. The molecule has 8 heteroatoms. The lowest BCUT2D eigenvalue weighted by Crippen LogP contribution is -2.40. The molecule has 1 aliphatic carbocycles. The summed E-state index contributed by atoms with van der Waals surface area (Å²) in [5, 5.41) is 0. The molecule has 33 heavy (non-hydrogen) atoms. The Hall–Kier alpha value is -2.71. The van der Waals surface area contributed by atoms with Gasteiger partial charge in [-0.3, -0.25) is 4.79 Å². The maximum atomic E-state index is 13.3. The number of carbonyl (C=O) groups excluding carboxylic acids is 1. The molecule has 3 rings (SSSR count). The van der Waals surface area contributed by atoms with Crippen LogP contribution in [-0.4, -0.2) is 50.8 Å². The Balaban J connectivity index is 1.86. The molecule has 2 aromatic rings. The van der Waals surface area contributed by atoms with E-state index in [0.29, 0.717) is 12.1 Å². The highest BCUT2D eigenvalue weighted by molar-refractivity contribution is 7.89. The van der Waals surface area contributed by atoms with Crippen molar-refractivity contribution in [3.05, 3.63) is 65.5 Å². The Morgan fingerprint density at radius 1 is 1.09 bits per heavy atom. The van der Waals surface area contributed by atoms with Crippen LogP contribution in [0.15, 0.2) is 53.4 Å². The van der Waals surface area contributed by atoms with Crippen LogP contribution < -0.4 is 4.74 Å². The smallest absolute Gasteiger partial charge is 0.247 e. The number of halogens is 1. The van der Waals surface area contributed by atoms with Crippen LogP contribution in [0.25, 0.3) is 6.08 Å². The third kappa shape index (κ3) is 6.21. The third-order valence-corrected chi connectivity index (χ3v) is 7.77. The fourth-order valence-electron chi connectivity index (χ4n) is 4.02. The number of hydrogen-bond donors (Lipinski definition) is 0. The van der Waals surface area contributed by atoms with Gasteiger partial charge >= 0.3 is 0 Å². The molecule has 0 aliphatic heterocycles. The van der Waals surface area contributed by atoms with Crippen LogP contribution in [0.1, 0.15) is 43.2 Å². The highest BCUT2D eigenvalue weighted by Gasteiger charge is 2.25. The van der Waals surface area contributed by atoms with E-state index in [2.05, 4.69) is 0 Å². The summed E-state index contributed by atoms with van der Waals surface area (Å²) < 4.78 is 45.0. The lowest BCUT2D eigenvalue weighted by Gasteiger charge is -2.34. The van der Waals surface area contributed by atoms with Crippen LogP contribution in [0.3, 0.4) is 0 Å². The lowest BCUT2D eigenvalue weighted by atomic mass is 9.93. The van der Waals surface area contributed by atoms with Crippen molar-refractivity contribution in [1.29, 1.82) is 0 Å². The number of ether oxygens (including phenoxy) is 1. The summed E-state index contributed by atoms with van der Waals surface area (Å²) in [5.74, 6) is -0.219. The molecule has 0 N–H and O–H groups in total. The maximum absolute atomic E-state index is 13.3. The van der Waals surface area contributed by atoms with Crippen molar-refractivity contribution in [2.75, 3.05) is 21.2 Å². The molecule has 0 unspecified atom stereocenters. The van der Waals surface area contributed by atoms with Crippen LogP contribution in [0.5, 0.6) is 5.75 Å². The molecule has 0 atom stereocenters. The van der Waals surface area contributed by atoms with Gasteiger partial charge in [-0.05, 0) is 54.3 Å². The molecule has 2 aromatic carbocycles. The molecule has 1 amide bonds. The Bertz CT molecular complexity index is 1090. The minimum atomic E-state index is -3.71. The van der Waals surface area contributed by atoms with Gasteiger partial charge in [0.2, 0.25) is 15.9 Å². The summed E-state index contributed by atoms with van der Waals surface area (Å²) in [6.07, 6.45) is 8.30. The van der Waals surface area contributed by atoms with Gasteiger partial charge in [-0.15, -0.1) is 0 Å². The predicted molar refractivity (Wildman–Crippen MR) is 127 cm³/mol. The first-order valence-electron chi connectivity index (χ1n) is 11.1. The average Bonchev–Trinajstić information content (AvgIpc) is 2.82. The van der Waals surface area contributed by atoms with E-state index in [-0.39, 0.29) is 28.4 Å². The second-order valence-corrected chi connectivity index (χ2v) is 10.5. The van der Waals surface area contributed by atoms with E-state index in [9.17, 15) is 17.6 Å². The summed E-state index contributed by atoms with van der Waals surface area (Å²) in [7, 11) is 0.621. The second-order valence-electron chi connectivity index (χ2n) is 8.42. The molecule has 0 radical (unpaired) electrons. The number of amides is 1. The van der Waals surface area contributed by atoms with Crippen molar-refractivity contribution < 1.29 is 22.3 Å². The molecule has 178 valence electrons. The van der Waals surface area contributed by atoms with Crippen LogP contribution in [0.2, 0.25) is 0 Å². The van der Waals surface area contributed by atoms with Gasteiger partial charge in [0.25, 0.3) is 0 Å².